The van der Waals surface area contributed by atoms with E-state index in [1.165, 1.54) is 4.90 Å². The molecule has 0 spiro atoms. The van der Waals surface area contributed by atoms with Crippen LogP contribution in [0.3, 0.4) is 0 Å². The van der Waals surface area contributed by atoms with Crippen molar-refractivity contribution in [2.75, 3.05) is 39.4 Å². The van der Waals surface area contributed by atoms with E-state index in [1.54, 1.807) is 0 Å². The van der Waals surface area contributed by atoms with Gasteiger partial charge in [-0.3, -0.25) is 0 Å². The van der Waals surface area contributed by atoms with Gasteiger partial charge in [-0.1, -0.05) is 86.2 Å². The number of carbonyl (C=O) groups excluding carboxylic acids is 1. The molecule has 0 unspecified atom stereocenters. The van der Waals surface area contributed by atoms with Crippen molar-refractivity contribution in [3.8, 4) is 0 Å². The lowest BCUT2D eigenvalue weighted by Crippen LogP contribution is -2.65. The molecule has 22 N–H and O–H groups in total. The maximum absolute atomic E-state index is 13.6. The Balaban J connectivity index is 0.000000281. The van der Waals surface area contributed by atoms with E-state index in [-0.39, 0.29) is 64.6 Å². The van der Waals surface area contributed by atoms with Crippen LogP contribution in [0.2, 0.25) is 0 Å². The molecule has 8 fully saturated rings. The van der Waals surface area contributed by atoms with E-state index in [9.17, 15) is 78.0 Å². The Morgan fingerprint density at radius 3 is 1.58 bits per heavy atom. The van der Waals surface area contributed by atoms with E-state index in [0.717, 1.165) is 11.1 Å². The zero-order valence-corrected chi connectivity index (χ0v) is 57.6. The van der Waals surface area contributed by atoms with Gasteiger partial charge in [0.15, 0.2) is 37.7 Å². The monoisotopic (exact) mass is 1520 g/mol. The van der Waals surface area contributed by atoms with Gasteiger partial charge in [0.25, 0.3) is 0 Å². The van der Waals surface area contributed by atoms with Gasteiger partial charge in [-0.15, -0.1) is 0 Å². The van der Waals surface area contributed by atoms with Crippen molar-refractivity contribution in [1.29, 1.82) is 0 Å². The van der Waals surface area contributed by atoms with E-state index in [0.29, 0.717) is 12.8 Å². The first-order valence-corrected chi connectivity index (χ1v) is 34.7. The van der Waals surface area contributed by atoms with Crippen LogP contribution in [-0.4, -0.2) is 310 Å². The summed E-state index contributed by atoms with van der Waals surface area (Å²) in [5.41, 5.74) is 84.2. The van der Waals surface area contributed by atoms with E-state index in [1.807, 2.05) is 60.7 Å². The summed E-state index contributed by atoms with van der Waals surface area (Å²) in [7, 11) is 0. The molecule has 2 aliphatic carbocycles. The highest BCUT2D eigenvalue weighted by Gasteiger charge is 2.57. The lowest BCUT2D eigenvalue weighted by atomic mass is 9.84. The van der Waals surface area contributed by atoms with Crippen LogP contribution in [-0.2, 0) is 74.7 Å². The van der Waals surface area contributed by atoms with Crippen molar-refractivity contribution in [3.63, 3.8) is 0 Å². The van der Waals surface area contributed by atoms with E-state index in [4.69, 9.17) is 102 Å². The summed E-state index contributed by atoms with van der Waals surface area (Å²) in [6.07, 6.45) is -34.5. The Labute approximate surface area is 609 Å². The molecule has 2 saturated carbocycles. The second-order valence-electron chi connectivity index (χ2n) is 26.8. The lowest BCUT2D eigenvalue weighted by molar-refractivity contribution is -0.289. The van der Waals surface area contributed by atoms with Crippen LogP contribution < -0.4 is 34.4 Å². The third kappa shape index (κ3) is 20.8. The number of benzene rings is 2. The van der Waals surface area contributed by atoms with Gasteiger partial charge in [0, 0.05) is 56.3 Å². The van der Waals surface area contributed by atoms with Gasteiger partial charge in [-0.2, -0.15) is 0 Å². The average molecular weight is 1520 g/mol. The minimum atomic E-state index is -1.89. The first-order chi connectivity index (χ1) is 51.5. The van der Waals surface area contributed by atoms with Crippen molar-refractivity contribution < 1.29 is 117 Å². The highest BCUT2D eigenvalue weighted by atomic mass is 16.8. The van der Waals surface area contributed by atoms with Gasteiger partial charge in [-0.25, -0.2) is 4.79 Å². The molecule has 10 rings (SSSR count). The summed E-state index contributed by atoms with van der Waals surface area (Å²) in [5.74, 6) is 0. The normalized spacial score (nSPS) is 41.2. The van der Waals surface area contributed by atoms with Crippen LogP contribution in [0, 0.1) is 0 Å². The molecule has 34 atom stereocenters. The minimum absolute atomic E-state index is 0.00718. The van der Waals surface area contributed by atoms with Gasteiger partial charge in [0.05, 0.1) is 99.2 Å². The summed E-state index contributed by atoms with van der Waals surface area (Å²) in [6.45, 7) is -1.68. The SMILES string of the molecule is NC[C@@H]1CC[C@@H](N)[C@@H](O[C@H]2[C@H](O[C@@H]3O[C@H](CO)[C@@H](O[C@H]4O[C@@H](CN)[C@@H](O)[C@H](O)[C@H]4N)[C@H]3O)[C@@H](O)[C@H](N)C[C@@H]2N)O1.[N-]=[N+]=NC[C@@H]1O[C@H](O[C@H]2[C@@H](O)[C@H](O[C@@H]3[C@@H](O)[C@H](N=[N+]=[N-])C[C@H](N=[N+]=[N-])[C@H]3O[C@H]3O[C@H](CN(Cc4ccccc4)C(=O)OCc4ccccc4)CC[C@H]3N=[N+]=[N-])O[C@@H]2CO)[C@H](N=[N+]=[N-])[C@@H](O)[C@@H]1O. The van der Waals surface area contributed by atoms with Crippen molar-refractivity contribution >= 4 is 6.09 Å². The fraction of sp³-hybridized carbons (Fsp3) is 0.787. The molecule has 107 heavy (non-hydrogen) atoms. The zero-order valence-electron chi connectivity index (χ0n) is 57.6. The number of rotatable bonds is 28. The molecule has 0 aromatic heterocycles. The van der Waals surface area contributed by atoms with Gasteiger partial charge in [-0.05, 0) is 77.3 Å². The van der Waals surface area contributed by atoms with E-state index < -0.39 is 228 Å². The molecule has 6 aliphatic heterocycles. The van der Waals surface area contributed by atoms with Gasteiger partial charge < -0.3 is 152 Å². The molecule has 0 bridgehead atoms. The molecule has 6 heterocycles. The van der Waals surface area contributed by atoms with E-state index >= 15 is 0 Å². The number of azide groups is 5. The second kappa shape index (κ2) is 40.2. The molecule has 2 aromatic carbocycles. The summed E-state index contributed by atoms with van der Waals surface area (Å²) >= 11 is 0. The molecule has 1 amide bonds. The summed E-state index contributed by atoms with van der Waals surface area (Å²) in [6, 6.07) is 9.84. The zero-order chi connectivity index (χ0) is 77.2. The van der Waals surface area contributed by atoms with Gasteiger partial charge in [0.1, 0.15) is 92.0 Å². The number of nitrogens with zero attached hydrogens (tertiary/aromatic N) is 16. The molecule has 46 heteroatoms. The number of aliphatic hydroxyl groups excluding tert-OH is 10. The third-order valence-electron chi connectivity index (χ3n) is 19.7. The maximum atomic E-state index is 13.6. The van der Waals surface area contributed by atoms with Gasteiger partial charge >= 0.3 is 6.09 Å². The topological polar surface area (TPSA) is 743 Å². The highest BCUT2D eigenvalue weighted by molar-refractivity contribution is 5.67. The molecule has 8 aliphatic rings. The Bertz CT molecular complexity index is 3380. The standard InChI is InChI=1S/C38H48N16O13.C23H46N6O11/c39-49-44-14-25-29(57)30(58)27(48-53-43)36(63-25)66-33-26(17-55)64-37(31(33)59)67-34-28(56)23(46-51-41)13-24(47-52-42)32(34)65-35-22(45-50-40)12-11-21(62-35)16-54(15-19-7-3-1-4-8-19)38(60)61-18-20-9-5-2-6-10-20;24-4-7-1-2-8(26)21(35-7)38-18-10(28)3-9(27)14(31)20(18)40-23-17(34)19(12(6-30)37-23)39-22-13(29)16(33)15(32)11(5-25)36-22/h1-10,21-37,55-59H,11-18H2;7-23,30-34H,1-6,24-29H2/t21-,22+,23+,24-,25-,26+,27+,28-,29+,30+,31+,32+,33+,34+,35+,36+,37-;7-,8+,9+,10-,11-,12+,13+,14-,15+,16+,17+,18+,19+,20+,21+,22+,23-/m00/s1. The Kier molecular flexibility index (Phi) is 31.6. The van der Waals surface area contributed by atoms with Crippen LogP contribution in [0.4, 0.5) is 4.79 Å². The molecule has 592 valence electrons. The number of aliphatic hydroxyl groups is 10. The van der Waals surface area contributed by atoms with Crippen LogP contribution in [0.1, 0.15) is 49.7 Å². The van der Waals surface area contributed by atoms with Crippen LogP contribution in [0.25, 0.3) is 52.2 Å². The Morgan fingerprint density at radius 2 is 0.981 bits per heavy atom. The minimum Gasteiger partial charge on any atom is -0.445 e. The largest absolute Gasteiger partial charge is 0.445 e. The van der Waals surface area contributed by atoms with E-state index in [2.05, 4.69) is 50.1 Å². The van der Waals surface area contributed by atoms with Crippen molar-refractivity contribution in [3.05, 3.63) is 124 Å². The first kappa shape index (κ1) is 84.2. The molecular formula is C61H94N22O24. The molecular weight excluding hydrogens is 1420 g/mol. The fourth-order valence-electron chi connectivity index (χ4n) is 13.9. The third-order valence-corrected chi connectivity index (χ3v) is 19.7. The molecule has 2 aromatic rings. The number of hydrogen-bond acceptors (Lipinski definition) is 35. The predicted octanol–water partition coefficient (Wildman–Crippen LogP) is -3.04. The summed E-state index contributed by atoms with van der Waals surface area (Å²) < 4.78 is 77.3. The van der Waals surface area contributed by atoms with Crippen molar-refractivity contribution in [1.82, 2.24) is 4.90 Å². The summed E-state index contributed by atoms with van der Waals surface area (Å²) in [4.78, 5) is 29.0. The number of hydrogen-bond donors (Lipinski definition) is 16. The Hall–Kier alpha value is -6.86. The van der Waals surface area contributed by atoms with Gasteiger partial charge in [0.2, 0.25) is 0 Å². The lowest BCUT2D eigenvalue weighted by Gasteiger charge is -2.45. The van der Waals surface area contributed by atoms with Crippen LogP contribution in [0.5, 0.6) is 0 Å². The first-order valence-electron chi connectivity index (χ1n) is 34.7. The maximum Gasteiger partial charge on any atom is 0.410 e. The fourth-order valence-corrected chi connectivity index (χ4v) is 13.9. The van der Waals surface area contributed by atoms with Crippen molar-refractivity contribution in [2.24, 2.45) is 60.0 Å². The highest BCUT2D eigenvalue weighted by Crippen LogP contribution is 2.40. The smallest absolute Gasteiger partial charge is 0.410 e. The molecule has 6 saturated heterocycles. The van der Waals surface area contributed by atoms with Crippen LogP contribution in [0.15, 0.2) is 86.2 Å². The second-order valence-corrected chi connectivity index (χ2v) is 26.8. The average Bonchev–Trinajstić information content (AvgIpc) is 1.69. The number of amides is 1. The van der Waals surface area contributed by atoms with Crippen LogP contribution >= 0.6 is 0 Å². The predicted molar refractivity (Wildman–Crippen MR) is 360 cm³/mol. The molecule has 46 nitrogen and oxygen atoms in total. The number of ether oxygens (including phenoxy) is 13. The van der Waals surface area contributed by atoms with Crippen molar-refractivity contribution in [2.45, 2.75) is 260 Å². The Morgan fingerprint density at radius 1 is 0.458 bits per heavy atom. The summed E-state index contributed by atoms with van der Waals surface area (Å²) in [5, 5.41) is 126. The quantitative estimate of drug-likeness (QED) is 0.0229. The molecule has 0 radical (unpaired) electrons. The number of carbonyl (C=O) groups is 1. The number of nitrogens with two attached hydrogens (primary N) is 6.